The van der Waals surface area contributed by atoms with Gasteiger partial charge in [-0.1, -0.05) is 48.5 Å². The van der Waals surface area contributed by atoms with Gasteiger partial charge in [0.15, 0.2) is 6.10 Å². The molecular formula is C24H20N2O4. The average Bonchev–Trinajstić information content (AvgIpc) is 3.41. The van der Waals surface area contributed by atoms with Gasteiger partial charge in [0.2, 0.25) is 0 Å². The summed E-state index contributed by atoms with van der Waals surface area (Å²) in [5, 5.41) is 11.7. The van der Waals surface area contributed by atoms with Crippen molar-refractivity contribution in [3.63, 3.8) is 0 Å². The highest BCUT2D eigenvalue weighted by Crippen LogP contribution is 2.45. The third-order valence-electron chi connectivity index (χ3n) is 5.86. The zero-order valence-electron chi connectivity index (χ0n) is 16.3. The number of benzene rings is 3. The number of hydrogen-bond acceptors (Lipinski definition) is 5. The standard InChI is InChI=1S/C24H20N2O4/c27-24(16-11-12-21(22(15-16)26(28)29)25-13-5-6-14-25)30-23-19-9-3-1-7-17(19)18-8-2-4-10-20(18)23/h1-4,7-12,15,23H,5-6,13-14H2. The van der Waals surface area contributed by atoms with Crippen LogP contribution in [0.4, 0.5) is 11.4 Å². The Hall–Kier alpha value is -3.67. The predicted octanol–water partition coefficient (Wildman–Crippen LogP) is 5.12. The molecule has 150 valence electrons. The molecule has 3 aromatic carbocycles. The molecule has 0 N–H and O–H groups in total. The fourth-order valence-corrected chi connectivity index (χ4v) is 4.43. The van der Waals surface area contributed by atoms with Crippen molar-refractivity contribution in [3.05, 3.63) is 93.5 Å². The third-order valence-corrected chi connectivity index (χ3v) is 5.86. The van der Waals surface area contributed by atoms with Crippen LogP contribution in [-0.4, -0.2) is 24.0 Å². The fraction of sp³-hybridized carbons (Fsp3) is 0.208. The summed E-state index contributed by atoms with van der Waals surface area (Å²) in [6, 6.07) is 20.3. The van der Waals surface area contributed by atoms with Crippen LogP contribution in [0.15, 0.2) is 66.7 Å². The van der Waals surface area contributed by atoms with E-state index in [1.165, 1.54) is 6.07 Å². The van der Waals surface area contributed by atoms with E-state index in [0.29, 0.717) is 5.69 Å². The summed E-state index contributed by atoms with van der Waals surface area (Å²) in [5.74, 6) is -0.567. The van der Waals surface area contributed by atoms with Gasteiger partial charge in [-0.05, 0) is 36.1 Å². The second-order valence-corrected chi connectivity index (χ2v) is 7.61. The van der Waals surface area contributed by atoms with E-state index in [1.54, 1.807) is 12.1 Å². The topological polar surface area (TPSA) is 72.7 Å². The van der Waals surface area contributed by atoms with E-state index in [1.807, 2.05) is 53.4 Å². The van der Waals surface area contributed by atoms with Gasteiger partial charge >= 0.3 is 5.97 Å². The van der Waals surface area contributed by atoms with Gasteiger partial charge in [0.25, 0.3) is 5.69 Å². The Morgan fingerprint density at radius 1 is 0.933 bits per heavy atom. The first-order valence-corrected chi connectivity index (χ1v) is 10.1. The zero-order valence-corrected chi connectivity index (χ0v) is 16.3. The molecule has 5 rings (SSSR count). The van der Waals surface area contributed by atoms with Gasteiger partial charge in [-0.15, -0.1) is 0 Å². The molecule has 1 aliphatic carbocycles. The molecule has 0 aromatic heterocycles. The first kappa shape index (κ1) is 18.4. The molecule has 1 aliphatic heterocycles. The van der Waals surface area contributed by atoms with Crippen LogP contribution in [0.3, 0.4) is 0 Å². The summed E-state index contributed by atoms with van der Waals surface area (Å²) in [7, 11) is 0. The molecule has 0 spiro atoms. The number of carbonyl (C=O) groups excluding carboxylic acids is 1. The number of rotatable bonds is 4. The first-order chi connectivity index (χ1) is 14.6. The molecule has 3 aromatic rings. The van der Waals surface area contributed by atoms with Crippen LogP contribution in [0.1, 0.15) is 40.4 Å². The Balaban J connectivity index is 1.47. The van der Waals surface area contributed by atoms with E-state index in [-0.39, 0.29) is 11.3 Å². The van der Waals surface area contributed by atoms with Crippen molar-refractivity contribution in [2.45, 2.75) is 18.9 Å². The summed E-state index contributed by atoms with van der Waals surface area (Å²) in [5.41, 5.74) is 4.63. The highest BCUT2D eigenvalue weighted by atomic mass is 16.6. The SMILES string of the molecule is O=C(OC1c2ccccc2-c2ccccc21)c1ccc(N2CCCC2)c([N+](=O)[O-])c1. The minimum Gasteiger partial charge on any atom is -0.449 e. The maximum absolute atomic E-state index is 13.0. The van der Waals surface area contributed by atoms with Gasteiger partial charge in [0, 0.05) is 30.3 Å². The van der Waals surface area contributed by atoms with Crippen LogP contribution in [0.5, 0.6) is 0 Å². The maximum Gasteiger partial charge on any atom is 0.339 e. The summed E-state index contributed by atoms with van der Waals surface area (Å²) in [6.45, 7) is 1.58. The Kier molecular flexibility index (Phi) is 4.47. The summed E-state index contributed by atoms with van der Waals surface area (Å²) >= 11 is 0. The lowest BCUT2D eigenvalue weighted by atomic mass is 10.1. The number of nitro benzene ring substituents is 1. The third kappa shape index (κ3) is 3.01. The second-order valence-electron chi connectivity index (χ2n) is 7.61. The number of hydrogen-bond donors (Lipinski definition) is 0. The fourth-order valence-electron chi connectivity index (χ4n) is 4.43. The van der Waals surface area contributed by atoms with Crippen molar-refractivity contribution in [2.75, 3.05) is 18.0 Å². The number of fused-ring (bicyclic) bond motifs is 3. The van der Waals surface area contributed by atoms with Gasteiger partial charge in [-0.2, -0.15) is 0 Å². The van der Waals surface area contributed by atoms with Crippen LogP contribution in [0.2, 0.25) is 0 Å². The lowest BCUT2D eigenvalue weighted by Crippen LogP contribution is -2.19. The molecule has 2 aliphatic rings. The van der Waals surface area contributed by atoms with E-state index >= 15 is 0 Å². The highest BCUT2D eigenvalue weighted by molar-refractivity contribution is 5.92. The second kappa shape index (κ2) is 7.30. The molecule has 30 heavy (non-hydrogen) atoms. The molecular weight excluding hydrogens is 380 g/mol. The van der Waals surface area contributed by atoms with E-state index in [9.17, 15) is 14.9 Å². The Bertz CT molecular complexity index is 1110. The number of esters is 1. The van der Waals surface area contributed by atoms with Crippen LogP contribution in [-0.2, 0) is 4.74 Å². The van der Waals surface area contributed by atoms with Crippen molar-refractivity contribution in [1.82, 2.24) is 0 Å². The number of carbonyl (C=O) groups is 1. The number of nitrogens with zero attached hydrogens (tertiary/aromatic N) is 2. The molecule has 0 unspecified atom stereocenters. The smallest absolute Gasteiger partial charge is 0.339 e. The first-order valence-electron chi connectivity index (χ1n) is 10.1. The van der Waals surface area contributed by atoms with Gasteiger partial charge in [-0.3, -0.25) is 10.1 Å². The number of nitro groups is 1. The summed E-state index contributed by atoms with van der Waals surface area (Å²) < 4.78 is 5.88. The predicted molar refractivity (Wildman–Crippen MR) is 114 cm³/mol. The highest BCUT2D eigenvalue weighted by Gasteiger charge is 2.32. The lowest BCUT2D eigenvalue weighted by Gasteiger charge is -2.18. The Morgan fingerprint density at radius 2 is 1.53 bits per heavy atom. The van der Waals surface area contributed by atoms with E-state index in [4.69, 9.17) is 4.74 Å². The number of ether oxygens (including phenoxy) is 1. The van der Waals surface area contributed by atoms with Gasteiger partial charge < -0.3 is 9.64 Å². The molecule has 0 bridgehead atoms. The monoisotopic (exact) mass is 400 g/mol. The average molecular weight is 400 g/mol. The van der Waals surface area contributed by atoms with Crippen molar-refractivity contribution in [2.24, 2.45) is 0 Å². The summed E-state index contributed by atoms with van der Waals surface area (Å²) in [4.78, 5) is 26.2. The molecule has 0 radical (unpaired) electrons. The minimum atomic E-state index is -0.567. The molecule has 1 fully saturated rings. The molecule has 6 nitrogen and oxygen atoms in total. The minimum absolute atomic E-state index is 0.0569. The number of anilines is 1. The van der Waals surface area contributed by atoms with Crippen LogP contribution in [0.25, 0.3) is 11.1 Å². The molecule has 1 heterocycles. The van der Waals surface area contributed by atoms with E-state index in [0.717, 1.165) is 48.2 Å². The van der Waals surface area contributed by atoms with Crippen LogP contribution < -0.4 is 4.90 Å². The zero-order chi connectivity index (χ0) is 20.7. The van der Waals surface area contributed by atoms with Crippen molar-refractivity contribution >= 4 is 17.3 Å². The molecule has 6 heteroatoms. The maximum atomic E-state index is 13.0. The van der Waals surface area contributed by atoms with Crippen molar-refractivity contribution in [1.29, 1.82) is 0 Å². The molecule has 1 saturated heterocycles. The summed E-state index contributed by atoms with van der Waals surface area (Å²) in [6.07, 6.45) is 1.50. The molecule has 0 saturated carbocycles. The van der Waals surface area contributed by atoms with Gasteiger partial charge in [-0.25, -0.2) is 4.79 Å². The van der Waals surface area contributed by atoms with Gasteiger partial charge in [0.05, 0.1) is 10.5 Å². The van der Waals surface area contributed by atoms with E-state index < -0.39 is 17.0 Å². The quantitative estimate of drug-likeness (QED) is 0.345. The van der Waals surface area contributed by atoms with Crippen molar-refractivity contribution < 1.29 is 14.5 Å². The van der Waals surface area contributed by atoms with E-state index in [2.05, 4.69) is 0 Å². The normalized spacial score (nSPS) is 15.0. The molecule has 0 amide bonds. The Labute approximate surface area is 173 Å². The van der Waals surface area contributed by atoms with Gasteiger partial charge in [0.1, 0.15) is 5.69 Å². The Morgan fingerprint density at radius 3 is 2.13 bits per heavy atom. The molecule has 0 atom stereocenters. The largest absolute Gasteiger partial charge is 0.449 e. The van der Waals surface area contributed by atoms with Crippen LogP contribution in [0, 0.1) is 10.1 Å². The lowest BCUT2D eigenvalue weighted by molar-refractivity contribution is -0.384. The van der Waals surface area contributed by atoms with Crippen molar-refractivity contribution in [3.8, 4) is 11.1 Å². The van der Waals surface area contributed by atoms with Crippen LogP contribution >= 0.6 is 0 Å².